The van der Waals surface area contributed by atoms with Gasteiger partial charge in [-0.05, 0) is 36.2 Å². The Morgan fingerprint density at radius 3 is 2.54 bits per heavy atom. The lowest BCUT2D eigenvalue weighted by molar-refractivity contribution is 0.0827. The van der Waals surface area contributed by atoms with E-state index in [0.717, 1.165) is 33.4 Å². The van der Waals surface area contributed by atoms with Crippen molar-refractivity contribution in [3.05, 3.63) is 83.8 Å². The fourth-order valence-corrected chi connectivity index (χ4v) is 3.40. The standard InChI is InChI=1S/C23H22N4O/c1-16-6-11-20(19-5-4-12-24-21(16)19)22-25-13-14-27(22)15-17-7-9-18(10-8-17)23(28)26(2)3/h4-14H,15H2,1-3H3. The summed E-state index contributed by atoms with van der Waals surface area (Å²) < 4.78 is 2.12. The van der Waals surface area contributed by atoms with Crippen molar-refractivity contribution >= 4 is 16.8 Å². The van der Waals surface area contributed by atoms with Gasteiger partial charge in [0, 0.05) is 55.7 Å². The number of carbonyl (C=O) groups is 1. The molecule has 0 saturated heterocycles. The minimum atomic E-state index is 0.00787. The number of rotatable bonds is 4. The Labute approximate surface area is 164 Å². The summed E-state index contributed by atoms with van der Waals surface area (Å²) >= 11 is 0. The molecule has 0 aliphatic carbocycles. The maximum Gasteiger partial charge on any atom is 0.253 e. The van der Waals surface area contributed by atoms with Gasteiger partial charge in [0.25, 0.3) is 5.91 Å². The van der Waals surface area contributed by atoms with E-state index in [4.69, 9.17) is 0 Å². The van der Waals surface area contributed by atoms with Crippen molar-refractivity contribution in [2.75, 3.05) is 14.1 Å². The maximum absolute atomic E-state index is 12.1. The van der Waals surface area contributed by atoms with Crippen LogP contribution >= 0.6 is 0 Å². The Hall–Kier alpha value is -3.47. The first-order valence-corrected chi connectivity index (χ1v) is 9.21. The van der Waals surface area contributed by atoms with Crippen molar-refractivity contribution in [2.45, 2.75) is 13.5 Å². The highest BCUT2D eigenvalue weighted by atomic mass is 16.2. The van der Waals surface area contributed by atoms with E-state index < -0.39 is 0 Å². The Morgan fingerprint density at radius 1 is 1.00 bits per heavy atom. The molecule has 0 aliphatic heterocycles. The number of hydrogen-bond acceptors (Lipinski definition) is 3. The number of hydrogen-bond donors (Lipinski definition) is 0. The molecule has 4 rings (SSSR count). The van der Waals surface area contributed by atoms with Crippen LogP contribution in [0.4, 0.5) is 0 Å². The summed E-state index contributed by atoms with van der Waals surface area (Å²) in [7, 11) is 3.52. The highest BCUT2D eigenvalue weighted by molar-refractivity contribution is 5.95. The number of amides is 1. The lowest BCUT2D eigenvalue weighted by Gasteiger charge is -2.13. The third-order valence-electron chi connectivity index (χ3n) is 4.89. The molecule has 0 saturated carbocycles. The summed E-state index contributed by atoms with van der Waals surface area (Å²) in [5, 5.41) is 1.10. The average molecular weight is 370 g/mol. The molecule has 0 N–H and O–H groups in total. The van der Waals surface area contributed by atoms with E-state index in [-0.39, 0.29) is 5.91 Å². The molecule has 0 fully saturated rings. The zero-order valence-corrected chi connectivity index (χ0v) is 16.3. The molecule has 140 valence electrons. The van der Waals surface area contributed by atoms with Crippen LogP contribution in [-0.4, -0.2) is 39.4 Å². The van der Waals surface area contributed by atoms with Crippen molar-refractivity contribution < 1.29 is 4.79 Å². The molecule has 0 spiro atoms. The second-order valence-electron chi connectivity index (χ2n) is 7.10. The van der Waals surface area contributed by atoms with E-state index in [0.29, 0.717) is 12.1 Å². The monoisotopic (exact) mass is 370 g/mol. The first kappa shape index (κ1) is 17.9. The summed E-state index contributed by atoms with van der Waals surface area (Å²) in [5.41, 5.74) is 5.03. The molecule has 2 aromatic carbocycles. The van der Waals surface area contributed by atoms with Gasteiger partial charge in [0.15, 0.2) is 0 Å². The molecule has 1 amide bonds. The van der Waals surface area contributed by atoms with Crippen LogP contribution in [0.2, 0.25) is 0 Å². The Bertz CT molecular complexity index is 1140. The van der Waals surface area contributed by atoms with Crippen LogP contribution in [0.5, 0.6) is 0 Å². The normalized spacial score (nSPS) is 11.0. The second-order valence-corrected chi connectivity index (χ2v) is 7.10. The Kier molecular flexibility index (Phi) is 4.65. The van der Waals surface area contributed by atoms with Gasteiger partial charge in [-0.15, -0.1) is 0 Å². The predicted octanol–water partition coefficient (Wildman–Crippen LogP) is 4.16. The number of benzene rings is 2. The van der Waals surface area contributed by atoms with Crippen LogP contribution < -0.4 is 0 Å². The molecule has 5 nitrogen and oxygen atoms in total. The third kappa shape index (κ3) is 3.27. The van der Waals surface area contributed by atoms with Gasteiger partial charge < -0.3 is 9.47 Å². The van der Waals surface area contributed by atoms with Gasteiger partial charge in [0.2, 0.25) is 0 Å². The molecule has 0 atom stereocenters. The topological polar surface area (TPSA) is 51.0 Å². The molecule has 2 heterocycles. The lowest BCUT2D eigenvalue weighted by atomic mass is 10.0. The summed E-state index contributed by atoms with van der Waals surface area (Å²) in [6.45, 7) is 2.75. The summed E-state index contributed by atoms with van der Waals surface area (Å²) in [6, 6.07) is 16.0. The van der Waals surface area contributed by atoms with E-state index in [9.17, 15) is 4.79 Å². The molecule has 0 radical (unpaired) electrons. The Balaban J connectivity index is 1.68. The van der Waals surface area contributed by atoms with Gasteiger partial charge in [-0.3, -0.25) is 9.78 Å². The number of aryl methyl sites for hydroxylation is 1. The summed E-state index contributed by atoms with van der Waals surface area (Å²) in [5.74, 6) is 0.917. The maximum atomic E-state index is 12.1. The van der Waals surface area contributed by atoms with Crippen molar-refractivity contribution in [3.63, 3.8) is 0 Å². The zero-order chi connectivity index (χ0) is 19.7. The number of fused-ring (bicyclic) bond motifs is 1. The fraction of sp³-hybridized carbons (Fsp3) is 0.174. The van der Waals surface area contributed by atoms with E-state index in [1.807, 2.05) is 48.9 Å². The quantitative estimate of drug-likeness (QED) is 0.542. The van der Waals surface area contributed by atoms with Crippen molar-refractivity contribution in [1.29, 1.82) is 0 Å². The first-order chi connectivity index (χ1) is 13.5. The molecule has 5 heteroatoms. The fourth-order valence-electron chi connectivity index (χ4n) is 3.40. The van der Waals surface area contributed by atoms with Crippen molar-refractivity contribution in [3.8, 4) is 11.4 Å². The van der Waals surface area contributed by atoms with E-state index in [2.05, 4.69) is 39.7 Å². The minimum absolute atomic E-state index is 0.00787. The Morgan fingerprint density at radius 2 is 1.79 bits per heavy atom. The zero-order valence-electron chi connectivity index (χ0n) is 16.3. The van der Waals surface area contributed by atoms with Crippen LogP contribution in [0.3, 0.4) is 0 Å². The third-order valence-corrected chi connectivity index (χ3v) is 4.89. The first-order valence-electron chi connectivity index (χ1n) is 9.21. The highest BCUT2D eigenvalue weighted by Crippen LogP contribution is 2.28. The van der Waals surface area contributed by atoms with Gasteiger partial charge in [-0.1, -0.05) is 30.3 Å². The number of aromatic nitrogens is 3. The summed E-state index contributed by atoms with van der Waals surface area (Å²) in [6.07, 6.45) is 5.62. The molecular weight excluding hydrogens is 348 g/mol. The number of nitrogens with zero attached hydrogens (tertiary/aromatic N) is 4. The van der Waals surface area contributed by atoms with Crippen molar-refractivity contribution in [2.24, 2.45) is 0 Å². The van der Waals surface area contributed by atoms with E-state index in [1.165, 1.54) is 0 Å². The molecule has 0 unspecified atom stereocenters. The number of imidazole rings is 1. The number of pyridine rings is 1. The highest BCUT2D eigenvalue weighted by Gasteiger charge is 2.12. The van der Waals surface area contributed by atoms with Gasteiger partial charge >= 0.3 is 0 Å². The largest absolute Gasteiger partial charge is 0.345 e. The summed E-state index contributed by atoms with van der Waals surface area (Å²) in [4.78, 5) is 22.8. The van der Waals surface area contributed by atoms with E-state index in [1.54, 1.807) is 19.0 Å². The van der Waals surface area contributed by atoms with Crippen molar-refractivity contribution in [1.82, 2.24) is 19.4 Å². The molecule has 0 aliphatic rings. The molecule has 0 bridgehead atoms. The van der Waals surface area contributed by atoms with Crippen LogP contribution in [0.25, 0.3) is 22.3 Å². The molecule has 2 aromatic heterocycles. The van der Waals surface area contributed by atoms with E-state index >= 15 is 0 Å². The number of carbonyl (C=O) groups excluding carboxylic acids is 1. The molecular formula is C23H22N4O. The van der Waals surface area contributed by atoms with Gasteiger partial charge in [0.1, 0.15) is 5.82 Å². The lowest BCUT2D eigenvalue weighted by Crippen LogP contribution is -2.21. The SMILES string of the molecule is Cc1ccc(-c2nccn2Cc2ccc(C(=O)N(C)C)cc2)c2cccnc12. The smallest absolute Gasteiger partial charge is 0.253 e. The van der Waals surface area contributed by atoms with Gasteiger partial charge in [-0.25, -0.2) is 4.98 Å². The minimum Gasteiger partial charge on any atom is -0.345 e. The van der Waals surface area contributed by atoms with Crippen LogP contribution in [0, 0.1) is 6.92 Å². The molecule has 4 aromatic rings. The van der Waals surface area contributed by atoms with Gasteiger partial charge in [0.05, 0.1) is 5.52 Å². The van der Waals surface area contributed by atoms with Crippen LogP contribution in [0.1, 0.15) is 21.5 Å². The van der Waals surface area contributed by atoms with Gasteiger partial charge in [-0.2, -0.15) is 0 Å². The predicted molar refractivity (Wildman–Crippen MR) is 111 cm³/mol. The average Bonchev–Trinajstić information content (AvgIpc) is 3.16. The molecule has 28 heavy (non-hydrogen) atoms. The second kappa shape index (κ2) is 7.27. The van der Waals surface area contributed by atoms with Crippen LogP contribution in [-0.2, 0) is 6.54 Å². The van der Waals surface area contributed by atoms with Crippen LogP contribution in [0.15, 0.2) is 67.1 Å².